The van der Waals surface area contributed by atoms with Crippen LogP contribution in [0, 0.1) is 11.3 Å². The van der Waals surface area contributed by atoms with Gasteiger partial charge in [0.2, 0.25) is 0 Å². The molecule has 4 heteroatoms. The summed E-state index contributed by atoms with van der Waals surface area (Å²) >= 11 is 0. The average Bonchev–Trinajstić information content (AvgIpc) is 3.24. The van der Waals surface area contributed by atoms with E-state index in [2.05, 4.69) is 29.6 Å². The molecule has 1 aliphatic heterocycles. The van der Waals surface area contributed by atoms with Crippen LogP contribution in [0.4, 0.5) is 0 Å². The standard InChI is InChI=1S/C20H21NO3/c1-23-19(22)17-15(10-20-8-6-16(20)21-18(17)20)13-4-2-12(3-5-13)14-7-9-24-11-14/h2-5,7,9,11,15-18,21H,6,8,10H2,1H3. The number of carbonyl (C=O) groups is 1. The zero-order valence-electron chi connectivity index (χ0n) is 13.7. The highest BCUT2D eigenvalue weighted by Crippen LogP contribution is 2.65. The van der Waals surface area contributed by atoms with Gasteiger partial charge in [0.15, 0.2) is 0 Å². The third-order valence-corrected chi connectivity index (χ3v) is 6.65. The summed E-state index contributed by atoms with van der Waals surface area (Å²) in [6.07, 6.45) is 7.03. The van der Waals surface area contributed by atoms with E-state index in [1.54, 1.807) is 12.5 Å². The van der Waals surface area contributed by atoms with E-state index >= 15 is 0 Å². The number of furan rings is 1. The van der Waals surface area contributed by atoms with Crippen molar-refractivity contribution < 1.29 is 13.9 Å². The molecule has 124 valence electrons. The molecule has 1 spiro atoms. The number of methoxy groups -OCH3 is 1. The number of hydrogen-bond donors (Lipinski definition) is 1. The van der Waals surface area contributed by atoms with Gasteiger partial charge in [-0.05, 0) is 42.4 Å². The summed E-state index contributed by atoms with van der Waals surface area (Å²) in [4.78, 5) is 12.4. The minimum Gasteiger partial charge on any atom is -0.472 e. The quantitative estimate of drug-likeness (QED) is 0.880. The minimum absolute atomic E-state index is 0.0636. The molecule has 5 unspecified atom stereocenters. The second-order valence-electron chi connectivity index (χ2n) is 7.46. The number of nitrogens with one attached hydrogen (secondary N) is 1. The molecule has 1 N–H and O–H groups in total. The number of piperidine rings is 1. The number of ether oxygens (including phenoxy) is 1. The van der Waals surface area contributed by atoms with Gasteiger partial charge in [0.25, 0.3) is 0 Å². The number of rotatable bonds is 3. The first-order chi connectivity index (χ1) is 11.7. The largest absolute Gasteiger partial charge is 0.472 e. The Morgan fingerprint density at radius 2 is 2.08 bits per heavy atom. The van der Waals surface area contributed by atoms with Crippen LogP contribution in [-0.2, 0) is 9.53 Å². The fourth-order valence-corrected chi connectivity index (χ4v) is 5.28. The second-order valence-corrected chi connectivity index (χ2v) is 7.46. The van der Waals surface area contributed by atoms with Crippen LogP contribution in [0.1, 0.15) is 30.7 Å². The highest BCUT2D eigenvalue weighted by molar-refractivity contribution is 5.76. The zero-order valence-corrected chi connectivity index (χ0v) is 13.7. The molecule has 3 aliphatic rings. The normalized spacial score (nSPS) is 36.2. The summed E-state index contributed by atoms with van der Waals surface area (Å²) < 4.78 is 10.3. The van der Waals surface area contributed by atoms with Crippen molar-refractivity contribution in [1.82, 2.24) is 5.32 Å². The van der Waals surface area contributed by atoms with Gasteiger partial charge in [0, 0.05) is 23.1 Å². The van der Waals surface area contributed by atoms with Gasteiger partial charge >= 0.3 is 5.97 Å². The molecule has 2 aliphatic carbocycles. The lowest BCUT2D eigenvalue weighted by atomic mass is 9.54. The van der Waals surface area contributed by atoms with Gasteiger partial charge in [-0.2, -0.15) is 0 Å². The molecule has 0 radical (unpaired) electrons. The van der Waals surface area contributed by atoms with Gasteiger partial charge in [-0.15, -0.1) is 0 Å². The second kappa shape index (κ2) is 4.96. The monoisotopic (exact) mass is 323 g/mol. The smallest absolute Gasteiger partial charge is 0.310 e. The van der Waals surface area contributed by atoms with Crippen molar-refractivity contribution in [3.8, 4) is 11.1 Å². The Kier molecular flexibility index (Phi) is 2.95. The summed E-state index contributed by atoms with van der Waals surface area (Å²) in [5.41, 5.74) is 3.80. The first kappa shape index (κ1) is 14.3. The van der Waals surface area contributed by atoms with Crippen molar-refractivity contribution in [2.24, 2.45) is 11.3 Å². The fraction of sp³-hybridized carbons (Fsp3) is 0.450. The number of benzene rings is 1. The van der Waals surface area contributed by atoms with E-state index in [0.29, 0.717) is 17.5 Å². The van der Waals surface area contributed by atoms with Gasteiger partial charge < -0.3 is 14.5 Å². The molecule has 2 heterocycles. The fourth-order valence-electron chi connectivity index (χ4n) is 5.28. The third kappa shape index (κ3) is 1.75. The molecule has 4 nitrogen and oxygen atoms in total. The maximum atomic E-state index is 12.4. The molecule has 2 saturated carbocycles. The molecule has 3 fully saturated rings. The van der Waals surface area contributed by atoms with E-state index in [1.807, 2.05) is 6.07 Å². The molecule has 1 aromatic carbocycles. The van der Waals surface area contributed by atoms with Crippen LogP contribution in [0.3, 0.4) is 0 Å². The molecule has 1 saturated heterocycles. The lowest BCUT2D eigenvalue weighted by Gasteiger charge is -2.62. The van der Waals surface area contributed by atoms with Crippen molar-refractivity contribution in [3.63, 3.8) is 0 Å². The Labute approximate surface area is 141 Å². The van der Waals surface area contributed by atoms with E-state index < -0.39 is 0 Å². The van der Waals surface area contributed by atoms with Crippen LogP contribution in [0.2, 0.25) is 0 Å². The molecular formula is C20H21NO3. The molecule has 1 aromatic heterocycles. The SMILES string of the molecule is COC(=O)C1C(c2ccc(-c3ccoc3)cc2)CC23CCC2NC13. The van der Waals surface area contributed by atoms with Gasteiger partial charge in [0.1, 0.15) is 0 Å². The molecule has 2 aromatic rings. The molecule has 0 bridgehead atoms. The van der Waals surface area contributed by atoms with Crippen LogP contribution in [0.15, 0.2) is 47.3 Å². The van der Waals surface area contributed by atoms with E-state index in [4.69, 9.17) is 9.15 Å². The zero-order chi connectivity index (χ0) is 16.3. The molecular weight excluding hydrogens is 302 g/mol. The van der Waals surface area contributed by atoms with Crippen LogP contribution >= 0.6 is 0 Å². The molecule has 5 rings (SSSR count). The van der Waals surface area contributed by atoms with Crippen LogP contribution < -0.4 is 5.32 Å². The predicted octanol–water partition coefficient (Wildman–Crippen LogP) is 3.34. The molecule has 5 atom stereocenters. The Balaban J connectivity index is 1.47. The Morgan fingerprint density at radius 3 is 2.67 bits per heavy atom. The lowest BCUT2D eigenvalue weighted by molar-refractivity contribution is -0.151. The number of esters is 1. The predicted molar refractivity (Wildman–Crippen MR) is 89.4 cm³/mol. The third-order valence-electron chi connectivity index (χ3n) is 6.65. The van der Waals surface area contributed by atoms with Gasteiger partial charge in [-0.25, -0.2) is 0 Å². The first-order valence-electron chi connectivity index (χ1n) is 8.69. The summed E-state index contributed by atoms with van der Waals surface area (Å²) in [5.74, 6) is 0.114. The molecule has 0 amide bonds. The van der Waals surface area contributed by atoms with E-state index in [-0.39, 0.29) is 17.8 Å². The highest BCUT2D eigenvalue weighted by atomic mass is 16.5. The van der Waals surface area contributed by atoms with Crippen molar-refractivity contribution in [2.75, 3.05) is 7.11 Å². The number of hydrogen-bond acceptors (Lipinski definition) is 4. The van der Waals surface area contributed by atoms with E-state index in [9.17, 15) is 4.79 Å². The summed E-state index contributed by atoms with van der Waals surface area (Å²) in [7, 11) is 1.50. The molecule has 24 heavy (non-hydrogen) atoms. The van der Waals surface area contributed by atoms with Crippen LogP contribution in [0.5, 0.6) is 0 Å². The van der Waals surface area contributed by atoms with E-state index in [1.165, 1.54) is 25.5 Å². The Hall–Kier alpha value is -2.07. The maximum Gasteiger partial charge on any atom is 0.310 e. The maximum absolute atomic E-state index is 12.4. The minimum atomic E-state index is -0.0707. The topological polar surface area (TPSA) is 51.5 Å². The van der Waals surface area contributed by atoms with Crippen molar-refractivity contribution in [2.45, 2.75) is 37.3 Å². The van der Waals surface area contributed by atoms with Gasteiger partial charge in [0.05, 0.1) is 25.6 Å². The number of carbonyl (C=O) groups excluding carboxylic acids is 1. The highest BCUT2D eigenvalue weighted by Gasteiger charge is 2.69. The Bertz CT molecular complexity index is 767. The Morgan fingerprint density at radius 1 is 1.25 bits per heavy atom. The van der Waals surface area contributed by atoms with Crippen LogP contribution in [-0.4, -0.2) is 25.2 Å². The van der Waals surface area contributed by atoms with Gasteiger partial charge in [-0.1, -0.05) is 24.3 Å². The summed E-state index contributed by atoms with van der Waals surface area (Å²) in [6.45, 7) is 0. The average molecular weight is 323 g/mol. The van der Waals surface area contributed by atoms with Crippen molar-refractivity contribution >= 4 is 5.97 Å². The van der Waals surface area contributed by atoms with Crippen molar-refractivity contribution in [1.29, 1.82) is 0 Å². The van der Waals surface area contributed by atoms with Crippen molar-refractivity contribution in [3.05, 3.63) is 48.4 Å². The lowest BCUT2D eigenvalue weighted by Crippen LogP contribution is -2.75. The summed E-state index contributed by atoms with van der Waals surface area (Å²) in [5, 5.41) is 3.62. The van der Waals surface area contributed by atoms with E-state index in [0.717, 1.165) is 17.5 Å². The van der Waals surface area contributed by atoms with Gasteiger partial charge in [-0.3, -0.25) is 4.79 Å². The first-order valence-corrected chi connectivity index (χ1v) is 8.69. The summed E-state index contributed by atoms with van der Waals surface area (Å²) in [6, 6.07) is 11.4. The van der Waals surface area contributed by atoms with Crippen LogP contribution in [0.25, 0.3) is 11.1 Å².